The molecule has 2 fully saturated rings. The first-order valence-corrected chi connectivity index (χ1v) is 11.4. The maximum Gasteiger partial charge on any atom is 0.354 e. The van der Waals surface area contributed by atoms with Crippen LogP contribution in [0.2, 0.25) is 5.02 Å². The molecule has 6 rings (SSSR count). The Kier molecular flexibility index (Phi) is 4.54. The standard InChI is InChI=1S/C24H19ClN4O5/c25-14-5-8-19-26-15(11-21(31)27(19)12-14)13-34-23(33)24-10-9-20(30)29(24)18-4-2-1-3-17(18)22(32)28(24)16-6-7-16/h1-5,8,11-12,16H,6-7,9-10,13H2. The number of carbonyl (C=O) groups is 3. The Bertz CT molecular complexity index is 1450. The van der Waals surface area contributed by atoms with E-state index in [1.165, 1.54) is 26.5 Å². The van der Waals surface area contributed by atoms with Crippen molar-refractivity contribution >= 4 is 40.7 Å². The summed E-state index contributed by atoms with van der Waals surface area (Å²) < 4.78 is 6.96. The highest BCUT2D eigenvalue weighted by Crippen LogP contribution is 2.49. The minimum absolute atomic E-state index is 0.121. The van der Waals surface area contributed by atoms with Crippen LogP contribution in [0.3, 0.4) is 0 Å². The van der Waals surface area contributed by atoms with Gasteiger partial charge in [-0.05, 0) is 37.1 Å². The summed E-state index contributed by atoms with van der Waals surface area (Å²) in [5.41, 5.74) is -0.466. The van der Waals surface area contributed by atoms with Crippen LogP contribution in [0.5, 0.6) is 0 Å². The van der Waals surface area contributed by atoms with Crippen molar-refractivity contribution in [2.75, 3.05) is 4.90 Å². The molecule has 2 aromatic heterocycles. The third kappa shape index (κ3) is 2.96. The van der Waals surface area contributed by atoms with E-state index < -0.39 is 11.6 Å². The van der Waals surface area contributed by atoms with Gasteiger partial charge in [-0.2, -0.15) is 0 Å². The summed E-state index contributed by atoms with van der Waals surface area (Å²) in [6.07, 6.45) is 3.25. The van der Waals surface area contributed by atoms with Crippen molar-refractivity contribution in [3.63, 3.8) is 0 Å². The van der Waals surface area contributed by atoms with Gasteiger partial charge in [0.15, 0.2) is 0 Å². The van der Waals surface area contributed by atoms with Gasteiger partial charge in [0.25, 0.3) is 11.5 Å². The van der Waals surface area contributed by atoms with Crippen molar-refractivity contribution in [1.82, 2.24) is 14.3 Å². The van der Waals surface area contributed by atoms with Gasteiger partial charge in [0.2, 0.25) is 11.6 Å². The molecule has 10 heteroatoms. The number of hydrogen-bond acceptors (Lipinski definition) is 6. The normalized spacial score (nSPS) is 21.6. The lowest BCUT2D eigenvalue weighted by molar-refractivity contribution is -0.159. The number of halogens is 1. The number of para-hydroxylation sites is 1. The first-order valence-electron chi connectivity index (χ1n) is 11.0. The number of benzene rings is 1. The number of aromatic nitrogens is 2. The third-order valence-corrected chi connectivity index (χ3v) is 6.79. The highest BCUT2D eigenvalue weighted by molar-refractivity contribution is 6.30. The van der Waals surface area contributed by atoms with E-state index in [4.69, 9.17) is 16.3 Å². The smallest absolute Gasteiger partial charge is 0.354 e. The minimum Gasteiger partial charge on any atom is -0.456 e. The molecule has 2 amide bonds. The van der Waals surface area contributed by atoms with Crippen LogP contribution < -0.4 is 10.5 Å². The summed E-state index contributed by atoms with van der Waals surface area (Å²) in [6, 6.07) is 11.2. The third-order valence-electron chi connectivity index (χ3n) is 6.57. The summed E-state index contributed by atoms with van der Waals surface area (Å²) >= 11 is 5.95. The largest absolute Gasteiger partial charge is 0.456 e. The van der Waals surface area contributed by atoms with Crippen molar-refractivity contribution in [3.05, 3.63) is 75.3 Å². The Balaban J connectivity index is 1.37. The van der Waals surface area contributed by atoms with Crippen molar-refractivity contribution in [2.45, 2.75) is 44.0 Å². The Morgan fingerprint density at radius 1 is 1.15 bits per heavy atom. The predicted molar refractivity (Wildman–Crippen MR) is 121 cm³/mol. The summed E-state index contributed by atoms with van der Waals surface area (Å²) in [4.78, 5) is 59.9. The highest BCUT2D eigenvalue weighted by atomic mass is 35.5. The number of amides is 2. The zero-order valence-corrected chi connectivity index (χ0v) is 18.7. The maximum atomic E-state index is 13.7. The molecule has 1 saturated heterocycles. The molecule has 3 aliphatic rings. The molecular formula is C24H19ClN4O5. The Morgan fingerprint density at radius 2 is 1.94 bits per heavy atom. The number of carbonyl (C=O) groups excluding carboxylic acids is 3. The number of anilines is 1. The van der Waals surface area contributed by atoms with Gasteiger partial charge in [-0.15, -0.1) is 0 Å². The molecule has 172 valence electrons. The second-order valence-corrected chi connectivity index (χ2v) is 9.14. The highest BCUT2D eigenvalue weighted by Gasteiger charge is 2.64. The SMILES string of the molecule is O=C1CCC2(C(=O)OCc3cc(=O)n4cc(Cl)ccc4n3)N1c1ccccc1C(=O)N2C1CC1. The second kappa shape index (κ2) is 7.39. The van der Waals surface area contributed by atoms with Crippen LogP contribution in [-0.2, 0) is 20.9 Å². The Morgan fingerprint density at radius 3 is 2.74 bits per heavy atom. The molecule has 1 aliphatic carbocycles. The molecule has 1 saturated carbocycles. The van der Waals surface area contributed by atoms with Crippen LogP contribution >= 0.6 is 11.6 Å². The molecule has 1 atom stereocenters. The fourth-order valence-corrected chi connectivity index (χ4v) is 5.13. The first-order chi connectivity index (χ1) is 16.4. The summed E-state index contributed by atoms with van der Waals surface area (Å²) in [6.45, 7) is -0.272. The number of fused-ring (bicyclic) bond motifs is 4. The maximum absolute atomic E-state index is 13.7. The van der Waals surface area contributed by atoms with E-state index in [2.05, 4.69) is 4.98 Å². The van der Waals surface area contributed by atoms with Crippen molar-refractivity contribution in [3.8, 4) is 0 Å². The van der Waals surface area contributed by atoms with Crippen molar-refractivity contribution in [1.29, 1.82) is 0 Å². The number of ether oxygens (including phenoxy) is 1. The number of rotatable bonds is 4. The van der Waals surface area contributed by atoms with Gasteiger partial charge in [-0.25, -0.2) is 9.78 Å². The fraction of sp³-hybridized carbons (Fsp3) is 0.292. The molecule has 1 aromatic carbocycles. The summed E-state index contributed by atoms with van der Waals surface area (Å²) in [5.74, 6) is -1.22. The monoisotopic (exact) mass is 478 g/mol. The van der Waals surface area contributed by atoms with Crippen LogP contribution in [0.4, 0.5) is 5.69 Å². The Hall–Kier alpha value is -3.72. The topological polar surface area (TPSA) is 101 Å². The van der Waals surface area contributed by atoms with E-state index in [0.717, 1.165) is 12.8 Å². The minimum atomic E-state index is -1.54. The van der Waals surface area contributed by atoms with E-state index in [-0.39, 0.29) is 48.6 Å². The molecule has 1 unspecified atom stereocenters. The molecule has 0 N–H and O–H groups in total. The van der Waals surface area contributed by atoms with Gasteiger partial charge in [-0.1, -0.05) is 23.7 Å². The summed E-state index contributed by atoms with van der Waals surface area (Å²) in [7, 11) is 0. The lowest BCUT2D eigenvalue weighted by atomic mass is 9.96. The van der Waals surface area contributed by atoms with E-state index >= 15 is 0 Å². The van der Waals surface area contributed by atoms with E-state index in [1.807, 2.05) is 0 Å². The molecule has 4 heterocycles. The van der Waals surface area contributed by atoms with E-state index in [9.17, 15) is 19.2 Å². The Labute approximate surface area is 198 Å². The molecule has 0 bridgehead atoms. The molecular weight excluding hydrogens is 460 g/mol. The quantitative estimate of drug-likeness (QED) is 0.534. The van der Waals surface area contributed by atoms with Crippen LogP contribution in [0.1, 0.15) is 41.7 Å². The summed E-state index contributed by atoms with van der Waals surface area (Å²) in [5, 5.41) is 0.392. The van der Waals surface area contributed by atoms with Gasteiger partial charge >= 0.3 is 5.97 Å². The molecule has 0 radical (unpaired) electrons. The molecule has 2 aliphatic heterocycles. The second-order valence-electron chi connectivity index (χ2n) is 8.71. The average molecular weight is 479 g/mol. The van der Waals surface area contributed by atoms with E-state index in [0.29, 0.717) is 21.9 Å². The number of esters is 1. The van der Waals surface area contributed by atoms with E-state index in [1.54, 1.807) is 36.4 Å². The van der Waals surface area contributed by atoms with Crippen molar-refractivity contribution in [2.24, 2.45) is 0 Å². The molecule has 9 nitrogen and oxygen atoms in total. The van der Waals surface area contributed by atoms with Gasteiger partial charge in [-0.3, -0.25) is 23.7 Å². The first kappa shape index (κ1) is 20.9. The average Bonchev–Trinajstić information content (AvgIpc) is 3.60. The van der Waals surface area contributed by atoms with Crippen LogP contribution in [-0.4, -0.2) is 43.8 Å². The predicted octanol–water partition coefficient (Wildman–Crippen LogP) is 2.53. The number of pyridine rings is 1. The van der Waals surface area contributed by atoms with Crippen LogP contribution in [0.25, 0.3) is 5.65 Å². The van der Waals surface area contributed by atoms with Crippen molar-refractivity contribution < 1.29 is 19.1 Å². The molecule has 0 spiro atoms. The van der Waals surface area contributed by atoms with Gasteiger partial charge in [0.05, 0.1) is 22.0 Å². The van der Waals surface area contributed by atoms with Crippen LogP contribution in [0.15, 0.2) is 53.5 Å². The fourth-order valence-electron chi connectivity index (χ4n) is 4.97. The number of nitrogens with zero attached hydrogens (tertiary/aromatic N) is 4. The van der Waals surface area contributed by atoms with Gasteiger partial charge in [0, 0.05) is 31.1 Å². The van der Waals surface area contributed by atoms with Gasteiger partial charge < -0.3 is 9.64 Å². The zero-order valence-electron chi connectivity index (χ0n) is 17.9. The molecule has 34 heavy (non-hydrogen) atoms. The lowest BCUT2D eigenvalue weighted by Gasteiger charge is -2.48. The lowest BCUT2D eigenvalue weighted by Crippen LogP contribution is -2.69. The number of hydrogen-bond donors (Lipinski definition) is 0. The molecule has 3 aromatic rings. The van der Waals surface area contributed by atoms with Crippen LogP contribution in [0, 0.1) is 0 Å². The zero-order chi connectivity index (χ0) is 23.6. The van der Waals surface area contributed by atoms with Gasteiger partial charge in [0.1, 0.15) is 12.3 Å².